The van der Waals surface area contributed by atoms with Gasteiger partial charge in [0.2, 0.25) is 0 Å². The number of nitrogens with one attached hydrogen (secondary N) is 1. The van der Waals surface area contributed by atoms with Crippen LogP contribution in [0.3, 0.4) is 0 Å². The molecule has 1 rings (SSSR count). The number of hydrogen-bond acceptors (Lipinski definition) is 2. The largest absolute Gasteiger partial charge is 0.384 e. The first-order valence-corrected chi connectivity index (χ1v) is 5.55. The van der Waals surface area contributed by atoms with Crippen LogP contribution >= 0.6 is 0 Å². The zero-order chi connectivity index (χ0) is 12.3. The molecule has 0 aliphatic rings. The Labute approximate surface area is 96.5 Å². The topological polar surface area (TPSA) is 32.3 Å². The third kappa shape index (κ3) is 3.29. The Morgan fingerprint density at radius 2 is 2.06 bits per heavy atom. The Bertz CT molecular complexity index is 361. The van der Waals surface area contributed by atoms with Crippen LogP contribution in [-0.2, 0) is 5.60 Å². The zero-order valence-corrected chi connectivity index (χ0v) is 10.3. The molecule has 1 atom stereocenters. The van der Waals surface area contributed by atoms with Gasteiger partial charge in [0.1, 0.15) is 5.82 Å². The fraction of sp³-hybridized carbons (Fsp3) is 0.538. The molecule has 0 spiro atoms. The Hall–Kier alpha value is -0.930. The molecule has 0 heterocycles. The molecule has 3 heteroatoms. The van der Waals surface area contributed by atoms with Crippen LogP contribution in [0.25, 0.3) is 0 Å². The lowest BCUT2D eigenvalue weighted by Crippen LogP contribution is -2.39. The predicted molar refractivity (Wildman–Crippen MR) is 63.8 cm³/mol. The molecule has 0 saturated carbocycles. The lowest BCUT2D eigenvalue weighted by molar-refractivity contribution is 0.0540. The van der Waals surface area contributed by atoms with Gasteiger partial charge >= 0.3 is 0 Å². The highest BCUT2D eigenvalue weighted by atomic mass is 19.1. The predicted octanol–water partition coefficient (Wildman–Crippen LogP) is 2.34. The van der Waals surface area contributed by atoms with E-state index < -0.39 is 5.60 Å². The minimum absolute atomic E-state index is 0.292. The third-order valence-corrected chi connectivity index (χ3v) is 2.63. The average Bonchev–Trinajstić information content (AvgIpc) is 2.19. The summed E-state index contributed by atoms with van der Waals surface area (Å²) >= 11 is 0. The van der Waals surface area contributed by atoms with Gasteiger partial charge in [-0.15, -0.1) is 0 Å². The molecule has 1 aromatic carbocycles. The van der Waals surface area contributed by atoms with E-state index in [1.54, 1.807) is 13.0 Å². The molecule has 0 aliphatic carbocycles. The number of hydrogen-bond donors (Lipinski definition) is 2. The second-order valence-corrected chi connectivity index (χ2v) is 4.77. The molecule has 0 bridgehead atoms. The molecule has 0 aromatic heterocycles. The summed E-state index contributed by atoms with van der Waals surface area (Å²) in [6.07, 6.45) is 0. The fourth-order valence-corrected chi connectivity index (χ4v) is 1.67. The van der Waals surface area contributed by atoms with Crippen molar-refractivity contribution < 1.29 is 9.50 Å². The van der Waals surface area contributed by atoms with E-state index in [-0.39, 0.29) is 5.82 Å². The average molecular weight is 225 g/mol. The van der Waals surface area contributed by atoms with Crippen molar-refractivity contribution >= 4 is 0 Å². The Balaban J connectivity index is 2.92. The van der Waals surface area contributed by atoms with Crippen LogP contribution in [0.1, 0.15) is 31.9 Å². The molecular weight excluding hydrogens is 205 g/mol. The van der Waals surface area contributed by atoms with Crippen LogP contribution in [0.2, 0.25) is 0 Å². The first kappa shape index (κ1) is 13.1. The van der Waals surface area contributed by atoms with E-state index in [0.29, 0.717) is 18.2 Å². The lowest BCUT2D eigenvalue weighted by atomic mass is 9.91. The van der Waals surface area contributed by atoms with Crippen molar-refractivity contribution in [3.8, 4) is 0 Å². The van der Waals surface area contributed by atoms with E-state index in [9.17, 15) is 9.50 Å². The maximum atomic E-state index is 13.1. The van der Waals surface area contributed by atoms with Gasteiger partial charge in [0, 0.05) is 12.6 Å². The van der Waals surface area contributed by atoms with Gasteiger partial charge in [-0.3, -0.25) is 0 Å². The highest BCUT2D eigenvalue weighted by molar-refractivity contribution is 5.31. The van der Waals surface area contributed by atoms with E-state index in [2.05, 4.69) is 5.32 Å². The third-order valence-electron chi connectivity index (χ3n) is 2.63. The highest BCUT2D eigenvalue weighted by Gasteiger charge is 2.25. The monoisotopic (exact) mass is 225 g/mol. The SMILES string of the molecule is Cc1ccc(F)cc1C(C)(O)CNC(C)C. The smallest absolute Gasteiger partial charge is 0.123 e. The van der Waals surface area contributed by atoms with Gasteiger partial charge in [0.25, 0.3) is 0 Å². The van der Waals surface area contributed by atoms with E-state index in [4.69, 9.17) is 0 Å². The Morgan fingerprint density at radius 3 is 2.62 bits per heavy atom. The minimum atomic E-state index is -1.05. The Morgan fingerprint density at radius 1 is 1.44 bits per heavy atom. The van der Waals surface area contributed by atoms with Crippen LogP contribution in [0.4, 0.5) is 4.39 Å². The molecule has 0 aliphatic heterocycles. The molecule has 16 heavy (non-hydrogen) atoms. The van der Waals surface area contributed by atoms with E-state index >= 15 is 0 Å². The molecule has 1 aromatic rings. The molecule has 1 unspecified atom stereocenters. The quantitative estimate of drug-likeness (QED) is 0.824. The van der Waals surface area contributed by atoms with Crippen molar-refractivity contribution in [3.63, 3.8) is 0 Å². The summed E-state index contributed by atoms with van der Waals surface area (Å²) in [5.74, 6) is -0.314. The fourth-order valence-electron chi connectivity index (χ4n) is 1.67. The van der Waals surface area contributed by atoms with Gasteiger partial charge in [-0.2, -0.15) is 0 Å². The van der Waals surface area contributed by atoms with Gasteiger partial charge in [0.15, 0.2) is 0 Å². The second-order valence-electron chi connectivity index (χ2n) is 4.77. The van der Waals surface area contributed by atoms with E-state index in [1.165, 1.54) is 12.1 Å². The summed E-state index contributed by atoms with van der Waals surface area (Å²) in [7, 11) is 0. The van der Waals surface area contributed by atoms with E-state index in [0.717, 1.165) is 5.56 Å². The molecule has 0 fully saturated rings. The number of benzene rings is 1. The van der Waals surface area contributed by atoms with Crippen LogP contribution in [0.15, 0.2) is 18.2 Å². The molecule has 2 nitrogen and oxygen atoms in total. The van der Waals surface area contributed by atoms with Gasteiger partial charge in [-0.1, -0.05) is 19.9 Å². The number of aryl methyl sites for hydroxylation is 1. The summed E-state index contributed by atoms with van der Waals surface area (Å²) in [5.41, 5.74) is 0.494. The van der Waals surface area contributed by atoms with Gasteiger partial charge < -0.3 is 10.4 Å². The normalized spacial score (nSPS) is 15.2. The maximum absolute atomic E-state index is 13.1. The van der Waals surface area contributed by atoms with Gasteiger partial charge in [0.05, 0.1) is 5.60 Å². The summed E-state index contributed by atoms with van der Waals surface area (Å²) in [6, 6.07) is 4.79. The Kier molecular flexibility index (Phi) is 4.05. The molecule has 0 saturated heterocycles. The molecule has 2 N–H and O–H groups in total. The number of halogens is 1. The maximum Gasteiger partial charge on any atom is 0.123 e. The standard InChI is InChI=1S/C13H20FNO/c1-9(2)15-8-13(4,16)12-7-11(14)6-5-10(12)3/h5-7,9,15-16H,8H2,1-4H3. The van der Waals surface area contributed by atoms with E-state index in [1.807, 2.05) is 20.8 Å². The highest BCUT2D eigenvalue weighted by Crippen LogP contribution is 2.24. The summed E-state index contributed by atoms with van der Waals surface area (Å²) in [4.78, 5) is 0. The molecule has 0 radical (unpaired) electrons. The summed E-state index contributed by atoms with van der Waals surface area (Å²) < 4.78 is 13.1. The first-order chi connectivity index (χ1) is 7.33. The van der Waals surface area contributed by atoms with Crippen LogP contribution in [0, 0.1) is 12.7 Å². The molecular formula is C13H20FNO. The van der Waals surface area contributed by atoms with Crippen LogP contribution < -0.4 is 5.32 Å². The molecule has 90 valence electrons. The van der Waals surface area contributed by atoms with Crippen molar-refractivity contribution in [3.05, 3.63) is 35.1 Å². The van der Waals surface area contributed by atoms with Crippen molar-refractivity contribution in [1.29, 1.82) is 0 Å². The minimum Gasteiger partial charge on any atom is -0.384 e. The zero-order valence-electron chi connectivity index (χ0n) is 10.3. The van der Waals surface area contributed by atoms with Gasteiger partial charge in [-0.25, -0.2) is 4.39 Å². The van der Waals surface area contributed by atoms with Crippen molar-refractivity contribution in [2.75, 3.05) is 6.54 Å². The number of aliphatic hydroxyl groups is 1. The summed E-state index contributed by atoms with van der Waals surface area (Å²) in [5, 5.41) is 13.5. The first-order valence-electron chi connectivity index (χ1n) is 5.55. The van der Waals surface area contributed by atoms with Crippen molar-refractivity contribution in [2.24, 2.45) is 0 Å². The van der Waals surface area contributed by atoms with Crippen LogP contribution in [-0.4, -0.2) is 17.7 Å². The summed E-state index contributed by atoms with van der Waals surface area (Å²) in [6.45, 7) is 8.00. The molecule has 0 amide bonds. The second kappa shape index (κ2) is 4.93. The van der Waals surface area contributed by atoms with Crippen LogP contribution in [0.5, 0.6) is 0 Å². The van der Waals surface area contributed by atoms with Crippen molar-refractivity contribution in [1.82, 2.24) is 5.32 Å². The van der Waals surface area contributed by atoms with Crippen molar-refractivity contribution in [2.45, 2.75) is 39.3 Å². The van der Waals surface area contributed by atoms with Gasteiger partial charge in [-0.05, 0) is 37.1 Å². The number of rotatable bonds is 4. The lowest BCUT2D eigenvalue weighted by Gasteiger charge is -2.27.